The quantitative estimate of drug-likeness (QED) is 0.741. The third-order valence-electron chi connectivity index (χ3n) is 3.21. The van der Waals surface area contributed by atoms with Crippen LogP contribution in [0.4, 0.5) is 8.78 Å². The van der Waals surface area contributed by atoms with E-state index < -0.39 is 11.6 Å². The normalized spacial score (nSPS) is 10.6. The molecule has 0 bridgehead atoms. The van der Waals surface area contributed by atoms with Crippen molar-refractivity contribution in [2.24, 2.45) is 0 Å². The van der Waals surface area contributed by atoms with Crippen LogP contribution in [0.15, 0.2) is 42.5 Å². The van der Waals surface area contributed by atoms with Crippen molar-refractivity contribution in [2.45, 2.75) is 13.2 Å². The Labute approximate surface area is 125 Å². The number of benzene rings is 2. The third-order valence-corrected chi connectivity index (χ3v) is 3.21. The molecule has 0 aliphatic heterocycles. The highest BCUT2D eigenvalue weighted by Gasteiger charge is 2.14. The number of hydrogen-bond donors (Lipinski definition) is 0. The van der Waals surface area contributed by atoms with Crippen molar-refractivity contribution < 1.29 is 13.5 Å². The maximum Gasteiger partial charge on any atom is 0.161 e. The number of halogens is 2. The number of hydrogen-bond acceptors (Lipinski definition) is 3. The summed E-state index contributed by atoms with van der Waals surface area (Å²) in [5.41, 5.74) is 0.660. The van der Waals surface area contributed by atoms with E-state index in [0.29, 0.717) is 22.6 Å². The minimum Gasteiger partial charge on any atom is -0.486 e. The largest absolute Gasteiger partial charge is 0.486 e. The molecule has 0 saturated heterocycles. The minimum atomic E-state index is -0.970. The maximum atomic E-state index is 13.4. The summed E-state index contributed by atoms with van der Waals surface area (Å²) in [5.74, 6) is -0.854. The lowest BCUT2D eigenvalue weighted by Crippen LogP contribution is -2.06. The molecule has 0 radical (unpaired) electrons. The summed E-state index contributed by atoms with van der Waals surface area (Å²) < 4.78 is 33.8. The fraction of sp³-hybridized carbons (Fsp3) is 0.125. The Morgan fingerprint density at radius 2 is 1.86 bits per heavy atom. The molecule has 0 fully saturated rings. The molecule has 2 aromatic carbocycles. The van der Waals surface area contributed by atoms with Crippen LogP contribution in [0.25, 0.3) is 11.0 Å². The van der Waals surface area contributed by atoms with Crippen LogP contribution in [0, 0.1) is 23.0 Å². The highest BCUT2D eigenvalue weighted by molar-refractivity contribution is 5.76. The van der Waals surface area contributed by atoms with Crippen LogP contribution in [-0.2, 0) is 13.2 Å². The lowest BCUT2D eigenvalue weighted by atomic mass is 10.3. The van der Waals surface area contributed by atoms with Crippen LogP contribution >= 0.6 is 0 Å². The fourth-order valence-electron chi connectivity index (χ4n) is 2.19. The van der Waals surface area contributed by atoms with Gasteiger partial charge in [0.2, 0.25) is 0 Å². The van der Waals surface area contributed by atoms with Crippen molar-refractivity contribution in [3.8, 4) is 11.8 Å². The molecule has 0 N–H and O–H groups in total. The SMILES string of the molecule is N#CCn1c(COc2ccccc2)nc2cc(F)c(F)cc21. The standard InChI is InChI=1S/C16H11F2N3O/c17-12-8-14-15(9-13(12)18)21(7-6-19)16(20-14)10-22-11-4-2-1-3-5-11/h1-5,8-9H,7,10H2. The first kappa shape index (κ1) is 14.0. The summed E-state index contributed by atoms with van der Waals surface area (Å²) in [4.78, 5) is 4.23. The molecule has 1 aromatic heterocycles. The van der Waals surface area contributed by atoms with E-state index in [1.807, 2.05) is 24.3 Å². The van der Waals surface area contributed by atoms with Gasteiger partial charge in [0.1, 0.15) is 24.7 Å². The molecule has 0 aliphatic rings. The van der Waals surface area contributed by atoms with E-state index in [-0.39, 0.29) is 13.2 Å². The fourth-order valence-corrected chi connectivity index (χ4v) is 2.19. The summed E-state index contributed by atoms with van der Waals surface area (Å²) in [6.45, 7) is 0.0820. The zero-order chi connectivity index (χ0) is 15.5. The number of fused-ring (bicyclic) bond motifs is 1. The van der Waals surface area contributed by atoms with Gasteiger partial charge in [0.15, 0.2) is 11.6 Å². The molecule has 0 saturated carbocycles. The van der Waals surface area contributed by atoms with Gasteiger partial charge in [-0.05, 0) is 12.1 Å². The van der Waals surface area contributed by atoms with E-state index in [2.05, 4.69) is 4.98 Å². The first-order valence-corrected chi connectivity index (χ1v) is 6.58. The monoisotopic (exact) mass is 299 g/mol. The first-order chi connectivity index (χ1) is 10.7. The maximum absolute atomic E-state index is 13.4. The van der Waals surface area contributed by atoms with Gasteiger partial charge < -0.3 is 9.30 Å². The van der Waals surface area contributed by atoms with Crippen LogP contribution in [0.1, 0.15) is 5.82 Å². The number of nitrogens with zero attached hydrogens (tertiary/aromatic N) is 3. The van der Waals surface area contributed by atoms with Gasteiger partial charge in [-0.25, -0.2) is 13.8 Å². The van der Waals surface area contributed by atoms with Crippen LogP contribution in [0.2, 0.25) is 0 Å². The number of aromatic nitrogens is 2. The van der Waals surface area contributed by atoms with Crippen molar-refractivity contribution >= 4 is 11.0 Å². The molecule has 22 heavy (non-hydrogen) atoms. The van der Waals surface area contributed by atoms with Gasteiger partial charge in [-0.1, -0.05) is 18.2 Å². The Morgan fingerprint density at radius 3 is 2.59 bits per heavy atom. The second-order valence-corrected chi connectivity index (χ2v) is 4.63. The summed E-state index contributed by atoms with van der Waals surface area (Å²) in [6.07, 6.45) is 0. The summed E-state index contributed by atoms with van der Waals surface area (Å²) >= 11 is 0. The summed E-state index contributed by atoms with van der Waals surface area (Å²) in [7, 11) is 0. The Kier molecular flexibility index (Phi) is 3.71. The van der Waals surface area contributed by atoms with E-state index in [1.54, 1.807) is 12.1 Å². The van der Waals surface area contributed by atoms with Gasteiger partial charge in [0.05, 0.1) is 17.1 Å². The van der Waals surface area contributed by atoms with Gasteiger partial charge >= 0.3 is 0 Å². The lowest BCUT2D eigenvalue weighted by molar-refractivity contribution is 0.291. The Bertz CT molecular complexity index is 853. The van der Waals surface area contributed by atoms with E-state index in [1.165, 1.54) is 4.57 Å². The zero-order valence-corrected chi connectivity index (χ0v) is 11.5. The highest BCUT2D eigenvalue weighted by Crippen LogP contribution is 2.21. The molecular weight excluding hydrogens is 288 g/mol. The molecule has 0 unspecified atom stereocenters. The predicted molar refractivity (Wildman–Crippen MR) is 76.0 cm³/mol. The number of ether oxygens (including phenoxy) is 1. The Hall–Kier alpha value is -2.94. The summed E-state index contributed by atoms with van der Waals surface area (Å²) in [6, 6.07) is 13.2. The van der Waals surface area contributed by atoms with Crippen molar-refractivity contribution in [2.75, 3.05) is 0 Å². The highest BCUT2D eigenvalue weighted by atomic mass is 19.2. The average molecular weight is 299 g/mol. The topological polar surface area (TPSA) is 50.8 Å². The molecule has 0 spiro atoms. The lowest BCUT2D eigenvalue weighted by Gasteiger charge is -2.07. The number of nitriles is 1. The van der Waals surface area contributed by atoms with Crippen molar-refractivity contribution in [1.82, 2.24) is 9.55 Å². The van der Waals surface area contributed by atoms with Crippen molar-refractivity contribution in [1.29, 1.82) is 5.26 Å². The van der Waals surface area contributed by atoms with Crippen LogP contribution in [0.5, 0.6) is 5.75 Å². The molecule has 6 heteroatoms. The smallest absolute Gasteiger partial charge is 0.161 e. The Morgan fingerprint density at radius 1 is 1.14 bits per heavy atom. The van der Waals surface area contributed by atoms with Gasteiger partial charge in [0, 0.05) is 12.1 Å². The van der Waals surface area contributed by atoms with E-state index >= 15 is 0 Å². The average Bonchev–Trinajstić information content (AvgIpc) is 2.84. The van der Waals surface area contributed by atoms with Gasteiger partial charge in [0.25, 0.3) is 0 Å². The second-order valence-electron chi connectivity index (χ2n) is 4.63. The molecule has 3 aromatic rings. The van der Waals surface area contributed by atoms with Gasteiger partial charge in [-0.3, -0.25) is 0 Å². The molecule has 1 heterocycles. The van der Waals surface area contributed by atoms with Crippen LogP contribution in [-0.4, -0.2) is 9.55 Å². The Balaban J connectivity index is 1.97. The van der Waals surface area contributed by atoms with Crippen molar-refractivity contribution in [3.05, 3.63) is 59.9 Å². The molecule has 3 rings (SSSR count). The molecule has 4 nitrogen and oxygen atoms in total. The molecule has 110 valence electrons. The number of rotatable bonds is 4. The third kappa shape index (κ3) is 2.61. The van der Waals surface area contributed by atoms with Crippen LogP contribution in [0.3, 0.4) is 0 Å². The number of imidazole rings is 1. The second kappa shape index (κ2) is 5.82. The van der Waals surface area contributed by atoms with E-state index in [9.17, 15) is 8.78 Å². The predicted octanol–water partition coefficient (Wildman–Crippen LogP) is 3.42. The molecular formula is C16H11F2N3O. The summed E-state index contributed by atoms with van der Waals surface area (Å²) in [5, 5.41) is 8.92. The minimum absolute atomic E-state index is 0.0188. The number of para-hydroxylation sites is 1. The van der Waals surface area contributed by atoms with Gasteiger partial charge in [-0.2, -0.15) is 5.26 Å². The zero-order valence-electron chi connectivity index (χ0n) is 11.5. The molecule has 0 atom stereocenters. The molecule has 0 amide bonds. The molecule has 0 aliphatic carbocycles. The van der Waals surface area contributed by atoms with Crippen LogP contribution < -0.4 is 4.74 Å². The van der Waals surface area contributed by atoms with Gasteiger partial charge in [-0.15, -0.1) is 0 Å². The van der Waals surface area contributed by atoms with E-state index in [0.717, 1.165) is 12.1 Å². The van der Waals surface area contributed by atoms with Crippen molar-refractivity contribution in [3.63, 3.8) is 0 Å². The van der Waals surface area contributed by atoms with E-state index in [4.69, 9.17) is 10.00 Å². The first-order valence-electron chi connectivity index (χ1n) is 6.58.